The minimum absolute atomic E-state index is 0.164. The summed E-state index contributed by atoms with van der Waals surface area (Å²) in [7, 11) is -3.51. The predicted molar refractivity (Wildman–Crippen MR) is 103 cm³/mol. The third kappa shape index (κ3) is 4.80. The molecule has 0 amide bonds. The van der Waals surface area contributed by atoms with E-state index in [1.54, 1.807) is 26.1 Å². The van der Waals surface area contributed by atoms with Gasteiger partial charge in [-0.2, -0.15) is 9.41 Å². The van der Waals surface area contributed by atoms with Gasteiger partial charge in [-0.3, -0.25) is 5.43 Å². The standard InChI is InChI=1S/C18H24N4O3S/c1-4-22(5-2)26(23,24)16-11-12-18(19-14-16)21-20-13-15-9-7-8-10-17(15)25-6-3/h7-14H,4-6H2,1-3H3,(H,19,21)/b20-13+. The highest BCUT2D eigenvalue weighted by atomic mass is 32.2. The summed E-state index contributed by atoms with van der Waals surface area (Å²) in [5, 5.41) is 4.14. The van der Waals surface area contributed by atoms with Crippen molar-refractivity contribution in [3.63, 3.8) is 0 Å². The molecule has 1 heterocycles. The van der Waals surface area contributed by atoms with E-state index in [1.807, 2.05) is 31.2 Å². The van der Waals surface area contributed by atoms with Crippen molar-refractivity contribution in [1.29, 1.82) is 0 Å². The van der Waals surface area contributed by atoms with E-state index in [4.69, 9.17) is 4.74 Å². The molecule has 26 heavy (non-hydrogen) atoms. The summed E-state index contributed by atoms with van der Waals surface area (Å²) in [6.07, 6.45) is 2.97. The van der Waals surface area contributed by atoms with Crippen molar-refractivity contribution in [2.24, 2.45) is 5.10 Å². The van der Waals surface area contributed by atoms with E-state index < -0.39 is 10.0 Å². The van der Waals surface area contributed by atoms with Gasteiger partial charge in [-0.25, -0.2) is 13.4 Å². The average molecular weight is 376 g/mol. The largest absolute Gasteiger partial charge is 0.493 e. The van der Waals surface area contributed by atoms with Crippen LogP contribution in [0.5, 0.6) is 5.75 Å². The highest BCUT2D eigenvalue weighted by molar-refractivity contribution is 7.89. The van der Waals surface area contributed by atoms with Crippen molar-refractivity contribution in [3.05, 3.63) is 48.2 Å². The molecule has 0 unspecified atom stereocenters. The molecule has 1 aromatic heterocycles. The second kappa shape index (κ2) is 9.30. The van der Waals surface area contributed by atoms with Crippen LogP contribution >= 0.6 is 0 Å². The number of ether oxygens (including phenoxy) is 1. The van der Waals surface area contributed by atoms with Gasteiger partial charge in [-0.05, 0) is 31.2 Å². The number of nitrogens with one attached hydrogen (secondary N) is 1. The van der Waals surface area contributed by atoms with Gasteiger partial charge in [0.1, 0.15) is 16.5 Å². The number of sulfonamides is 1. The average Bonchev–Trinajstić information content (AvgIpc) is 2.64. The second-order valence-corrected chi connectivity index (χ2v) is 7.25. The minimum Gasteiger partial charge on any atom is -0.493 e. The molecule has 1 aromatic carbocycles. The van der Waals surface area contributed by atoms with Crippen molar-refractivity contribution < 1.29 is 13.2 Å². The van der Waals surface area contributed by atoms with E-state index in [2.05, 4.69) is 15.5 Å². The molecule has 140 valence electrons. The molecule has 1 N–H and O–H groups in total. The van der Waals surface area contributed by atoms with Gasteiger partial charge in [0.15, 0.2) is 0 Å². The van der Waals surface area contributed by atoms with Gasteiger partial charge in [0.25, 0.3) is 0 Å². The van der Waals surface area contributed by atoms with Crippen molar-refractivity contribution in [2.45, 2.75) is 25.7 Å². The highest BCUT2D eigenvalue weighted by Gasteiger charge is 2.21. The Morgan fingerprint density at radius 2 is 1.88 bits per heavy atom. The van der Waals surface area contributed by atoms with Gasteiger partial charge < -0.3 is 4.74 Å². The fraction of sp³-hybridized carbons (Fsp3) is 0.333. The van der Waals surface area contributed by atoms with Crippen molar-refractivity contribution in [1.82, 2.24) is 9.29 Å². The van der Waals surface area contributed by atoms with Gasteiger partial charge in [-0.15, -0.1) is 0 Å². The number of rotatable bonds is 9. The SMILES string of the molecule is CCOc1ccccc1/C=N/Nc1ccc(S(=O)(=O)N(CC)CC)cn1. The Labute approximate surface area is 154 Å². The minimum atomic E-state index is -3.51. The van der Waals surface area contributed by atoms with E-state index in [9.17, 15) is 8.42 Å². The summed E-state index contributed by atoms with van der Waals surface area (Å²) in [6.45, 7) is 6.94. The Bertz CT molecular complexity index is 832. The number of para-hydroxylation sites is 1. The molecule has 2 aromatic rings. The van der Waals surface area contributed by atoms with Crippen LogP contribution in [0.1, 0.15) is 26.3 Å². The summed E-state index contributed by atoms with van der Waals surface area (Å²) in [4.78, 5) is 4.29. The number of nitrogens with zero attached hydrogens (tertiary/aromatic N) is 3. The van der Waals surface area contributed by atoms with Crippen molar-refractivity contribution in [2.75, 3.05) is 25.1 Å². The predicted octanol–water partition coefficient (Wildman–Crippen LogP) is 2.96. The molecular formula is C18H24N4O3S. The molecule has 0 atom stereocenters. The molecule has 0 bridgehead atoms. The first-order valence-electron chi connectivity index (χ1n) is 8.50. The Hall–Kier alpha value is -2.45. The second-order valence-electron chi connectivity index (χ2n) is 5.31. The lowest BCUT2D eigenvalue weighted by Crippen LogP contribution is -2.30. The lowest BCUT2D eigenvalue weighted by atomic mass is 10.2. The molecule has 0 aliphatic heterocycles. The van der Waals surface area contributed by atoms with Crippen molar-refractivity contribution in [3.8, 4) is 5.75 Å². The molecule has 0 saturated heterocycles. The number of anilines is 1. The van der Waals surface area contributed by atoms with Gasteiger partial charge in [-0.1, -0.05) is 26.0 Å². The van der Waals surface area contributed by atoms with E-state index >= 15 is 0 Å². The van der Waals surface area contributed by atoms with Crippen molar-refractivity contribution >= 4 is 22.1 Å². The maximum atomic E-state index is 12.4. The lowest BCUT2D eigenvalue weighted by molar-refractivity contribution is 0.340. The van der Waals surface area contributed by atoms with Crippen LogP contribution in [0.2, 0.25) is 0 Å². The number of aromatic nitrogens is 1. The van der Waals surface area contributed by atoms with Crippen LogP contribution in [-0.2, 0) is 10.0 Å². The molecule has 0 spiro atoms. The number of hydrogen-bond acceptors (Lipinski definition) is 6. The number of benzene rings is 1. The smallest absolute Gasteiger partial charge is 0.244 e. The van der Waals surface area contributed by atoms with Crippen LogP contribution < -0.4 is 10.2 Å². The lowest BCUT2D eigenvalue weighted by Gasteiger charge is -2.18. The third-order valence-corrected chi connectivity index (χ3v) is 5.71. The summed E-state index contributed by atoms with van der Waals surface area (Å²) < 4.78 is 31.8. The van der Waals surface area contributed by atoms with Crippen LogP contribution in [-0.4, -0.2) is 43.6 Å². The summed E-state index contributed by atoms with van der Waals surface area (Å²) in [5.74, 6) is 1.20. The summed E-state index contributed by atoms with van der Waals surface area (Å²) in [6, 6.07) is 10.7. The third-order valence-electron chi connectivity index (χ3n) is 3.68. The molecule has 7 nitrogen and oxygen atoms in total. The monoisotopic (exact) mass is 376 g/mol. The van der Waals surface area contributed by atoms with Gasteiger partial charge in [0, 0.05) is 24.8 Å². The quantitative estimate of drug-likeness (QED) is 0.537. The van der Waals surface area contributed by atoms with E-state index in [0.29, 0.717) is 25.5 Å². The van der Waals surface area contributed by atoms with E-state index in [-0.39, 0.29) is 4.90 Å². The van der Waals surface area contributed by atoms with Gasteiger partial charge >= 0.3 is 0 Å². The zero-order valence-corrected chi connectivity index (χ0v) is 16.0. The van der Waals surface area contributed by atoms with Gasteiger partial charge in [0.2, 0.25) is 10.0 Å². The molecule has 0 aliphatic rings. The number of hydrazone groups is 1. The van der Waals surface area contributed by atoms with Crippen LogP contribution in [0.15, 0.2) is 52.6 Å². The molecule has 0 aliphatic carbocycles. The zero-order valence-electron chi connectivity index (χ0n) is 15.2. The topological polar surface area (TPSA) is 83.9 Å². The maximum Gasteiger partial charge on any atom is 0.244 e. The Kier molecular flexibility index (Phi) is 7.11. The first-order valence-corrected chi connectivity index (χ1v) is 9.94. The first-order chi connectivity index (χ1) is 12.5. The van der Waals surface area contributed by atoms with Crippen LogP contribution in [0.25, 0.3) is 0 Å². The zero-order chi connectivity index (χ0) is 19.0. The summed E-state index contributed by atoms with van der Waals surface area (Å²) >= 11 is 0. The van der Waals surface area contributed by atoms with E-state index in [1.165, 1.54) is 16.6 Å². The Balaban J connectivity index is 2.08. The fourth-order valence-electron chi connectivity index (χ4n) is 2.35. The molecule has 0 fully saturated rings. The number of hydrogen-bond donors (Lipinski definition) is 1. The van der Waals surface area contributed by atoms with Crippen LogP contribution in [0.3, 0.4) is 0 Å². The summed E-state index contributed by atoms with van der Waals surface area (Å²) in [5.41, 5.74) is 3.63. The Morgan fingerprint density at radius 1 is 1.15 bits per heavy atom. The van der Waals surface area contributed by atoms with Crippen LogP contribution in [0, 0.1) is 0 Å². The van der Waals surface area contributed by atoms with Crippen LogP contribution in [0.4, 0.5) is 5.82 Å². The Morgan fingerprint density at radius 3 is 2.50 bits per heavy atom. The number of pyridine rings is 1. The maximum absolute atomic E-state index is 12.4. The molecular weight excluding hydrogens is 352 g/mol. The highest BCUT2D eigenvalue weighted by Crippen LogP contribution is 2.17. The normalized spacial score (nSPS) is 11.8. The fourth-order valence-corrected chi connectivity index (χ4v) is 3.76. The first kappa shape index (κ1) is 19.9. The molecule has 2 rings (SSSR count). The molecule has 0 saturated carbocycles. The van der Waals surface area contributed by atoms with Gasteiger partial charge in [0.05, 0.1) is 12.8 Å². The van der Waals surface area contributed by atoms with E-state index in [0.717, 1.165) is 11.3 Å². The molecule has 0 radical (unpaired) electrons. The molecule has 8 heteroatoms.